The number of nitrogens with two attached hydrogens (primary N) is 1. The number of hydrogen-bond donors (Lipinski definition) is 1. The Balaban J connectivity index is 3.04. The standard InChI is InChI=1S/C17H30N2O2/c1-7-17(8-2,21-9-3)15(18)10-14-13(5)16(20-6)12(4)11-19-14/h11,15H,7-10,18H2,1-6H3. The van der Waals surface area contributed by atoms with Gasteiger partial charge in [0.1, 0.15) is 5.75 Å². The fraction of sp³-hybridized carbons (Fsp3) is 0.706. The first kappa shape index (κ1) is 17.9. The van der Waals surface area contributed by atoms with Crippen LogP contribution in [0.25, 0.3) is 0 Å². The van der Waals surface area contributed by atoms with Gasteiger partial charge in [0.15, 0.2) is 0 Å². The summed E-state index contributed by atoms with van der Waals surface area (Å²) in [7, 11) is 1.70. The van der Waals surface area contributed by atoms with Crippen molar-refractivity contribution < 1.29 is 9.47 Å². The van der Waals surface area contributed by atoms with E-state index in [-0.39, 0.29) is 11.6 Å². The van der Waals surface area contributed by atoms with Gasteiger partial charge in [0.05, 0.1) is 12.7 Å². The van der Waals surface area contributed by atoms with Crippen LogP contribution in [0.15, 0.2) is 6.20 Å². The Morgan fingerprint density at radius 2 is 1.86 bits per heavy atom. The van der Waals surface area contributed by atoms with E-state index in [1.165, 1.54) is 0 Å². The van der Waals surface area contributed by atoms with Crippen molar-refractivity contribution >= 4 is 0 Å². The number of rotatable bonds is 8. The number of pyridine rings is 1. The van der Waals surface area contributed by atoms with Gasteiger partial charge in [0.25, 0.3) is 0 Å². The summed E-state index contributed by atoms with van der Waals surface area (Å²) in [4.78, 5) is 4.55. The predicted octanol–water partition coefficient (Wildman–Crippen LogP) is 3.17. The first-order valence-corrected chi connectivity index (χ1v) is 7.84. The van der Waals surface area contributed by atoms with Gasteiger partial charge < -0.3 is 15.2 Å². The summed E-state index contributed by atoms with van der Waals surface area (Å²) in [6.07, 6.45) is 4.36. The summed E-state index contributed by atoms with van der Waals surface area (Å²) in [6.45, 7) is 11.0. The van der Waals surface area contributed by atoms with Crippen LogP contribution in [0.4, 0.5) is 0 Å². The molecule has 1 heterocycles. The van der Waals surface area contributed by atoms with Crippen LogP contribution >= 0.6 is 0 Å². The van der Waals surface area contributed by atoms with Crippen LogP contribution in [-0.4, -0.2) is 30.3 Å². The molecule has 0 aliphatic rings. The van der Waals surface area contributed by atoms with Gasteiger partial charge in [-0.25, -0.2) is 0 Å². The highest BCUT2D eigenvalue weighted by molar-refractivity contribution is 5.41. The Morgan fingerprint density at radius 3 is 2.33 bits per heavy atom. The molecule has 1 unspecified atom stereocenters. The second-order valence-electron chi connectivity index (χ2n) is 5.56. The molecule has 0 aromatic carbocycles. The number of aromatic nitrogens is 1. The van der Waals surface area contributed by atoms with Crippen LogP contribution in [0.2, 0.25) is 0 Å². The monoisotopic (exact) mass is 294 g/mol. The fourth-order valence-corrected chi connectivity index (χ4v) is 3.04. The highest BCUT2D eigenvalue weighted by atomic mass is 16.5. The van der Waals surface area contributed by atoms with Crippen LogP contribution in [0, 0.1) is 13.8 Å². The third kappa shape index (κ3) is 3.74. The van der Waals surface area contributed by atoms with Gasteiger partial charge in [-0.1, -0.05) is 13.8 Å². The van der Waals surface area contributed by atoms with Crippen LogP contribution in [0.3, 0.4) is 0 Å². The van der Waals surface area contributed by atoms with Crippen LogP contribution < -0.4 is 10.5 Å². The molecular weight excluding hydrogens is 264 g/mol. The van der Waals surface area contributed by atoms with E-state index in [2.05, 4.69) is 18.8 Å². The zero-order valence-corrected chi connectivity index (χ0v) is 14.3. The molecular formula is C17H30N2O2. The minimum absolute atomic E-state index is 0.0777. The number of hydrogen-bond acceptors (Lipinski definition) is 4. The molecule has 0 bridgehead atoms. The first-order valence-electron chi connectivity index (χ1n) is 7.84. The van der Waals surface area contributed by atoms with Gasteiger partial charge in [0.2, 0.25) is 0 Å². The van der Waals surface area contributed by atoms with Crippen molar-refractivity contribution in [3.63, 3.8) is 0 Å². The molecule has 0 aliphatic carbocycles. The molecule has 0 saturated heterocycles. The van der Waals surface area contributed by atoms with Crippen molar-refractivity contribution in [2.75, 3.05) is 13.7 Å². The predicted molar refractivity (Wildman–Crippen MR) is 86.9 cm³/mol. The van der Waals surface area contributed by atoms with Crippen LogP contribution in [0.1, 0.15) is 50.4 Å². The Bertz CT molecular complexity index is 456. The molecule has 21 heavy (non-hydrogen) atoms. The average molecular weight is 294 g/mol. The van der Waals surface area contributed by atoms with Crippen molar-refractivity contribution in [3.05, 3.63) is 23.0 Å². The summed E-state index contributed by atoms with van der Waals surface area (Å²) < 4.78 is 11.5. The third-order valence-corrected chi connectivity index (χ3v) is 4.47. The molecule has 1 rings (SSSR count). The molecule has 0 spiro atoms. The maximum Gasteiger partial charge on any atom is 0.128 e. The molecule has 1 aromatic heterocycles. The smallest absolute Gasteiger partial charge is 0.128 e. The summed E-state index contributed by atoms with van der Waals surface area (Å²) in [5.74, 6) is 0.905. The molecule has 0 radical (unpaired) electrons. The second-order valence-corrected chi connectivity index (χ2v) is 5.56. The minimum Gasteiger partial charge on any atom is -0.496 e. The van der Waals surface area contributed by atoms with Crippen molar-refractivity contribution in [1.82, 2.24) is 4.98 Å². The van der Waals surface area contributed by atoms with Crippen molar-refractivity contribution in [2.24, 2.45) is 5.73 Å². The highest BCUT2D eigenvalue weighted by Gasteiger charge is 2.34. The van der Waals surface area contributed by atoms with Gasteiger partial charge in [-0.15, -0.1) is 0 Å². The molecule has 0 saturated carbocycles. The maximum absolute atomic E-state index is 6.48. The van der Waals surface area contributed by atoms with E-state index in [1.54, 1.807) is 7.11 Å². The largest absolute Gasteiger partial charge is 0.496 e. The topological polar surface area (TPSA) is 57.4 Å². The Morgan fingerprint density at radius 1 is 1.24 bits per heavy atom. The summed E-state index contributed by atoms with van der Waals surface area (Å²) in [5.41, 5.74) is 9.33. The summed E-state index contributed by atoms with van der Waals surface area (Å²) in [6, 6.07) is -0.0777. The zero-order chi connectivity index (χ0) is 16.0. The van der Waals surface area contributed by atoms with Crippen molar-refractivity contribution in [2.45, 2.75) is 65.5 Å². The lowest BCUT2D eigenvalue weighted by molar-refractivity contribution is -0.0635. The lowest BCUT2D eigenvalue weighted by Crippen LogP contribution is -2.50. The normalized spacial score (nSPS) is 13.3. The number of methoxy groups -OCH3 is 1. The van der Waals surface area contributed by atoms with Gasteiger partial charge in [-0.3, -0.25) is 4.98 Å². The highest BCUT2D eigenvalue weighted by Crippen LogP contribution is 2.29. The third-order valence-electron chi connectivity index (χ3n) is 4.47. The summed E-state index contributed by atoms with van der Waals surface area (Å²) in [5, 5.41) is 0. The first-order chi connectivity index (χ1) is 9.95. The number of ether oxygens (including phenoxy) is 2. The van der Waals surface area contributed by atoms with E-state index in [1.807, 2.05) is 27.0 Å². The van der Waals surface area contributed by atoms with Crippen molar-refractivity contribution in [3.8, 4) is 5.75 Å². The van der Waals surface area contributed by atoms with E-state index in [0.29, 0.717) is 13.0 Å². The molecule has 0 aliphatic heterocycles. The van der Waals surface area contributed by atoms with Crippen LogP contribution in [0.5, 0.6) is 5.75 Å². The van der Waals surface area contributed by atoms with E-state index in [0.717, 1.165) is 35.4 Å². The molecule has 1 atom stereocenters. The number of aryl methyl sites for hydroxylation is 1. The van der Waals surface area contributed by atoms with Gasteiger partial charge in [0, 0.05) is 42.1 Å². The number of nitrogens with zero attached hydrogens (tertiary/aromatic N) is 1. The Kier molecular flexibility index (Phi) is 6.62. The van der Waals surface area contributed by atoms with Gasteiger partial charge >= 0.3 is 0 Å². The lowest BCUT2D eigenvalue weighted by Gasteiger charge is -2.37. The zero-order valence-electron chi connectivity index (χ0n) is 14.3. The Labute approximate surface area is 129 Å². The molecule has 0 fully saturated rings. The Hall–Kier alpha value is -1.13. The lowest BCUT2D eigenvalue weighted by atomic mass is 9.85. The van der Waals surface area contributed by atoms with Gasteiger partial charge in [-0.05, 0) is 33.6 Å². The summed E-state index contributed by atoms with van der Waals surface area (Å²) >= 11 is 0. The molecule has 4 nitrogen and oxygen atoms in total. The molecule has 4 heteroatoms. The fourth-order valence-electron chi connectivity index (χ4n) is 3.04. The van der Waals surface area contributed by atoms with E-state index < -0.39 is 0 Å². The SMILES string of the molecule is CCOC(CC)(CC)C(N)Cc1ncc(C)c(OC)c1C. The van der Waals surface area contributed by atoms with Crippen molar-refractivity contribution in [1.29, 1.82) is 0 Å². The molecule has 0 amide bonds. The molecule has 1 aromatic rings. The minimum atomic E-state index is -0.277. The molecule has 120 valence electrons. The maximum atomic E-state index is 6.48. The van der Waals surface area contributed by atoms with Gasteiger partial charge in [-0.2, -0.15) is 0 Å². The average Bonchev–Trinajstić information content (AvgIpc) is 2.48. The molecule has 2 N–H and O–H groups in total. The quantitative estimate of drug-likeness (QED) is 0.800. The van der Waals surface area contributed by atoms with E-state index in [9.17, 15) is 0 Å². The van der Waals surface area contributed by atoms with Crippen LogP contribution in [-0.2, 0) is 11.2 Å². The van der Waals surface area contributed by atoms with E-state index in [4.69, 9.17) is 15.2 Å². The van der Waals surface area contributed by atoms with E-state index >= 15 is 0 Å². The second kappa shape index (κ2) is 7.76.